The summed E-state index contributed by atoms with van der Waals surface area (Å²) in [7, 11) is 2.38. The van der Waals surface area contributed by atoms with Gasteiger partial charge in [0.15, 0.2) is 0 Å². The number of hydrogen-bond acceptors (Lipinski definition) is 6. The Bertz CT molecular complexity index is 593. The zero-order chi connectivity index (χ0) is 18.2. The number of Topliss-reactive ketones (excluding diaryl/α,β-unsaturated/α-hetero) is 1. The van der Waals surface area contributed by atoms with Crippen molar-refractivity contribution >= 4 is 29.3 Å². The Labute approximate surface area is 140 Å². The predicted molar refractivity (Wildman–Crippen MR) is 86.1 cm³/mol. The number of ketones is 1. The van der Waals surface area contributed by atoms with Crippen molar-refractivity contribution in [1.82, 2.24) is 0 Å². The molecule has 0 aliphatic heterocycles. The molecule has 0 saturated heterocycles. The molecule has 0 fully saturated rings. The number of carbonyl (C=O) groups is 4. The second kappa shape index (κ2) is 8.81. The maximum absolute atomic E-state index is 12.5. The molecule has 0 radical (unpaired) electrons. The van der Waals surface area contributed by atoms with E-state index in [4.69, 9.17) is 0 Å². The largest absolute Gasteiger partial charge is 0.469 e. The van der Waals surface area contributed by atoms with E-state index in [9.17, 15) is 19.2 Å². The number of rotatable bonds is 8. The van der Waals surface area contributed by atoms with Crippen LogP contribution in [0.15, 0.2) is 30.3 Å². The van der Waals surface area contributed by atoms with Crippen LogP contribution in [0.3, 0.4) is 0 Å². The van der Waals surface area contributed by atoms with Gasteiger partial charge in [-0.25, -0.2) is 0 Å². The van der Waals surface area contributed by atoms with Gasteiger partial charge in [-0.3, -0.25) is 19.2 Å². The summed E-state index contributed by atoms with van der Waals surface area (Å²) in [4.78, 5) is 47.6. The Morgan fingerprint density at radius 3 is 1.92 bits per heavy atom. The van der Waals surface area contributed by atoms with Crippen LogP contribution in [0.5, 0.6) is 0 Å². The summed E-state index contributed by atoms with van der Waals surface area (Å²) in [6.45, 7) is 1.44. The molecule has 1 aromatic carbocycles. The first-order valence-electron chi connectivity index (χ1n) is 7.32. The lowest BCUT2D eigenvalue weighted by atomic mass is 9.77. The lowest BCUT2D eigenvalue weighted by Crippen LogP contribution is -2.36. The van der Waals surface area contributed by atoms with Gasteiger partial charge in [-0.2, -0.15) is 0 Å². The summed E-state index contributed by atoms with van der Waals surface area (Å²) >= 11 is 0. The second-order valence-corrected chi connectivity index (χ2v) is 5.58. The van der Waals surface area contributed by atoms with Gasteiger partial charge in [0.25, 0.3) is 0 Å². The third-order valence-corrected chi connectivity index (χ3v) is 3.58. The summed E-state index contributed by atoms with van der Waals surface area (Å²) in [5, 5.41) is 2.59. The average molecular weight is 335 g/mol. The standard InChI is InChI=1S/C17H21NO6/c1-17(10-15(21)23-2,11-16(22)24-3)13(19)9-14(20)18-12-7-5-4-6-8-12/h4-8H,9-11H2,1-3H3,(H,18,20). The van der Waals surface area contributed by atoms with Crippen LogP contribution in [0.1, 0.15) is 26.2 Å². The first-order chi connectivity index (χ1) is 11.3. The van der Waals surface area contributed by atoms with E-state index in [1.165, 1.54) is 21.1 Å². The Balaban J connectivity index is 2.81. The number of ether oxygens (including phenoxy) is 2. The molecule has 0 aliphatic carbocycles. The Morgan fingerprint density at radius 2 is 1.46 bits per heavy atom. The summed E-state index contributed by atoms with van der Waals surface area (Å²) in [5.74, 6) is -2.34. The van der Waals surface area contributed by atoms with Crippen molar-refractivity contribution < 1.29 is 28.7 Å². The van der Waals surface area contributed by atoms with Crippen molar-refractivity contribution in [2.45, 2.75) is 26.2 Å². The second-order valence-electron chi connectivity index (χ2n) is 5.58. The zero-order valence-corrected chi connectivity index (χ0v) is 14.0. The van der Waals surface area contributed by atoms with Crippen LogP contribution in [-0.2, 0) is 28.7 Å². The molecule has 7 nitrogen and oxygen atoms in total. The monoisotopic (exact) mass is 335 g/mol. The fourth-order valence-electron chi connectivity index (χ4n) is 2.13. The van der Waals surface area contributed by atoms with Gasteiger partial charge in [0.1, 0.15) is 5.78 Å². The molecule has 130 valence electrons. The number of para-hydroxylation sites is 1. The molecule has 0 aromatic heterocycles. The van der Waals surface area contributed by atoms with Crippen LogP contribution in [0.2, 0.25) is 0 Å². The molecule has 0 unspecified atom stereocenters. The maximum atomic E-state index is 12.5. The average Bonchev–Trinajstić information content (AvgIpc) is 2.55. The van der Waals surface area contributed by atoms with Gasteiger partial charge in [-0.05, 0) is 12.1 Å². The lowest BCUT2D eigenvalue weighted by molar-refractivity contribution is -0.153. The van der Waals surface area contributed by atoms with Crippen molar-refractivity contribution in [3.63, 3.8) is 0 Å². The lowest BCUT2D eigenvalue weighted by Gasteiger charge is -2.25. The van der Waals surface area contributed by atoms with Gasteiger partial charge < -0.3 is 14.8 Å². The number of methoxy groups -OCH3 is 2. The third-order valence-electron chi connectivity index (χ3n) is 3.58. The minimum atomic E-state index is -1.37. The van der Waals surface area contributed by atoms with Crippen molar-refractivity contribution in [1.29, 1.82) is 0 Å². The van der Waals surface area contributed by atoms with Gasteiger partial charge in [-0.1, -0.05) is 25.1 Å². The van der Waals surface area contributed by atoms with E-state index in [2.05, 4.69) is 14.8 Å². The van der Waals surface area contributed by atoms with Gasteiger partial charge in [0, 0.05) is 11.1 Å². The maximum Gasteiger partial charge on any atom is 0.306 e. The summed E-state index contributed by atoms with van der Waals surface area (Å²) in [5.41, 5.74) is -0.813. The highest BCUT2D eigenvalue weighted by Gasteiger charge is 2.39. The topological polar surface area (TPSA) is 98.8 Å². The minimum Gasteiger partial charge on any atom is -0.469 e. The number of nitrogens with one attached hydrogen (secondary N) is 1. The van der Waals surface area contributed by atoms with E-state index in [0.717, 1.165) is 0 Å². The molecule has 0 atom stereocenters. The Hall–Kier alpha value is -2.70. The molecule has 0 saturated carbocycles. The predicted octanol–water partition coefficient (Wildman–Crippen LogP) is 1.72. The molecule has 0 heterocycles. The molecular formula is C17H21NO6. The highest BCUT2D eigenvalue weighted by molar-refractivity contribution is 6.07. The molecule has 1 aromatic rings. The molecule has 1 rings (SSSR count). The van der Waals surface area contributed by atoms with E-state index in [0.29, 0.717) is 5.69 Å². The normalized spacial score (nSPS) is 10.6. The summed E-state index contributed by atoms with van der Waals surface area (Å²) < 4.78 is 9.14. The van der Waals surface area contributed by atoms with Crippen LogP contribution >= 0.6 is 0 Å². The summed E-state index contributed by atoms with van der Waals surface area (Å²) in [6, 6.07) is 8.66. The molecule has 24 heavy (non-hydrogen) atoms. The molecule has 0 aliphatic rings. The van der Waals surface area contributed by atoms with Crippen LogP contribution in [0, 0.1) is 5.41 Å². The Morgan fingerprint density at radius 1 is 0.958 bits per heavy atom. The smallest absolute Gasteiger partial charge is 0.306 e. The van der Waals surface area contributed by atoms with Gasteiger partial charge in [0.2, 0.25) is 5.91 Å². The van der Waals surface area contributed by atoms with E-state index >= 15 is 0 Å². The number of esters is 2. The SMILES string of the molecule is COC(=O)CC(C)(CC(=O)OC)C(=O)CC(=O)Nc1ccccc1. The molecular weight excluding hydrogens is 314 g/mol. The van der Waals surface area contributed by atoms with Crippen LogP contribution < -0.4 is 5.32 Å². The van der Waals surface area contributed by atoms with E-state index < -0.39 is 35.5 Å². The van der Waals surface area contributed by atoms with Crippen molar-refractivity contribution in [2.75, 3.05) is 19.5 Å². The van der Waals surface area contributed by atoms with Gasteiger partial charge in [0.05, 0.1) is 33.5 Å². The van der Waals surface area contributed by atoms with Crippen molar-refractivity contribution in [3.8, 4) is 0 Å². The zero-order valence-electron chi connectivity index (χ0n) is 14.0. The summed E-state index contributed by atoms with van der Waals surface area (Å²) in [6.07, 6.45) is -1.08. The Kier molecular flexibility index (Phi) is 7.10. The van der Waals surface area contributed by atoms with Crippen LogP contribution in [-0.4, -0.2) is 37.8 Å². The number of benzene rings is 1. The third kappa shape index (κ3) is 5.83. The van der Waals surface area contributed by atoms with Gasteiger partial charge >= 0.3 is 11.9 Å². The highest BCUT2D eigenvalue weighted by Crippen LogP contribution is 2.30. The molecule has 1 N–H and O–H groups in total. The molecule has 1 amide bonds. The van der Waals surface area contributed by atoms with Crippen molar-refractivity contribution in [3.05, 3.63) is 30.3 Å². The number of amides is 1. The van der Waals surface area contributed by atoms with E-state index in [-0.39, 0.29) is 12.8 Å². The quantitative estimate of drug-likeness (QED) is 0.574. The van der Waals surface area contributed by atoms with Crippen molar-refractivity contribution in [2.24, 2.45) is 5.41 Å². The number of carbonyl (C=O) groups excluding carboxylic acids is 4. The molecule has 0 bridgehead atoms. The first-order valence-corrected chi connectivity index (χ1v) is 7.32. The van der Waals surface area contributed by atoms with Crippen LogP contribution in [0.4, 0.5) is 5.69 Å². The van der Waals surface area contributed by atoms with E-state index in [1.807, 2.05) is 0 Å². The fourth-order valence-corrected chi connectivity index (χ4v) is 2.13. The fraction of sp³-hybridized carbons (Fsp3) is 0.412. The van der Waals surface area contributed by atoms with Gasteiger partial charge in [-0.15, -0.1) is 0 Å². The molecule has 0 spiro atoms. The molecule has 7 heteroatoms. The van der Waals surface area contributed by atoms with Crippen LogP contribution in [0.25, 0.3) is 0 Å². The number of anilines is 1. The highest BCUT2D eigenvalue weighted by atomic mass is 16.5. The first kappa shape index (κ1) is 19.3. The number of hydrogen-bond donors (Lipinski definition) is 1. The minimum absolute atomic E-state index is 0.309. The van der Waals surface area contributed by atoms with E-state index in [1.54, 1.807) is 30.3 Å².